The van der Waals surface area contributed by atoms with E-state index >= 15 is 0 Å². The van der Waals surface area contributed by atoms with Gasteiger partial charge in [0.15, 0.2) is 5.17 Å². The first kappa shape index (κ1) is 20.5. The summed E-state index contributed by atoms with van der Waals surface area (Å²) >= 11 is 1.36. The minimum atomic E-state index is -0.0758. The summed E-state index contributed by atoms with van der Waals surface area (Å²) in [5, 5.41) is 9.83. The van der Waals surface area contributed by atoms with E-state index in [1.54, 1.807) is 18.0 Å². The van der Waals surface area contributed by atoms with Gasteiger partial charge in [-0.15, -0.1) is 0 Å². The van der Waals surface area contributed by atoms with Gasteiger partial charge in [0, 0.05) is 12.6 Å². The molecule has 0 aromatic heterocycles. The molecule has 3 aromatic rings. The quantitative estimate of drug-likeness (QED) is 0.516. The van der Waals surface area contributed by atoms with Crippen molar-refractivity contribution in [1.82, 2.24) is 4.90 Å². The first-order chi connectivity index (χ1) is 15.1. The van der Waals surface area contributed by atoms with Crippen molar-refractivity contribution in [2.45, 2.75) is 6.61 Å². The summed E-state index contributed by atoms with van der Waals surface area (Å²) in [4.78, 5) is 19.3. The lowest BCUT2D eigenvalue weighted by molar-refractivity contribution is -0.121. The fourth-order valence-corrected chi connectivity index (χ4v) is 3.98. The summed E-state index contributed by atoms with van der Waals surface area (Å²) in [6, 6.07) is 26.6. The third-order valence-electron chi connectivity index (χ3n) is 4.69. The van der Waals surface area contributed by atoms with Crippen molar-refractivity contribution in [3.63, 3.8) is 0 Å². The highest BCUT2D eigenvalue weighted by molar-refractivity contribution is 8.18. The number of hydrogen-bond donors (Lipinski definition) is 0. The Balaban J connectivity index is 1.45. The zero-order valence-electron chi connectivity index (χ0n) is 16.9. The maximum atomic E-state index is 12.6. The Morgan fingerprint density at radius 2 is 1.74 bits per heavy atom. The summed E-state index contributed by atoms with van der Waals surface area (Å²) < 4.78 is 5.81. The van der Waals surface area contributed by atoms with E-state index < -0.39 is 0 Å². The maximum Gasteiger partial charge on any atom is 0.266 e. The number of thioether (sulfide) groups is 1. The van der Waals surface area contributed by atoms with E-state index in [0.717, 1.165) is 16.8 Å². The fraction of sp³-hybridized carbons (Fsp3) is 0.0800. The van der Waals surface area contributed by atoms with Crippen LogP contribution in [0.4, 0.5) is 5.69 Å². The Hall–Kier alpha value is -3.82. The van der Waals surface area contributed by atoms with Gasteiger partial charge in [0.1, 0.15) is 12.4 Å². The molecule has 1 aliphatic rings. The second-order valence-corrected chi connectivity index (χ2v) is 7.84. The van der Waals surface area contributed by atoms with Crippen LogP contribution in [-0.2, 0) is 11.4 Å². The Morgan fingerprint density at radius 3 is 2.48 bits per heavy atom. The van der Waals surface area contributed by atoms with Gasteiger partial charge in [-0.25, -0.2) is 4.99 Å². The topological polar surface area (TPSA) is 65.7 Å². The highest BCUT2D eigenvalue weighted by atomic mass is 32.2. The van der Waals surface area contributed by atoms with Crippen LogP contribution >= 0.6 is 11.8 Å². The number of hydrogen-bond acceptors (Lipinski definition) is 5. The minimum absolute atomic E-state index is 0.0758. The molecule has 1 amide bonds. The number of ether oxygens (including phenoxy) is 1. The average molecular weight is 426 g/mol. The van der Waals surface area contributed by atoms with Crippen LogP contribution in [0.1, 0.15) is 16.7 Å². The molecular formula is C25H19N3O2S. The summed E-state index contributed by atoms with van der Waals surface area (Å²) in [6.07, 6.45) is 1.85. The second kappa shape index (κ2) is 9.33. The van der Waals surface area contributed by atoms with E-state index in [1.807, 2.05) is 78.9 Å². The standard InChI is InChI=1S/C25H19N3O2S/c1-28-24(29)23(31-25(28)27-21-9-3-2-4-10-21)15-18-11-13-22(14-12-18)30-17-20-8-6-5-7-19(20)16-26/h2-15H,17H2,1H3/b23-15-,27-25?. The molecule has 4 rings (SSSR count). The number of nitrogens with zero attached hydrogens (tertiary/aromatic N) is 3. The number of rotatable bonds is 5. The Kier molecular flexibility index (Phi) is 6.16. The average Bonchev–Trinajstić information content (AvgIpc) is 3.07. The van der Waals surface area contributed by atoms with Crippen molar-refractivity contribution in [2.75, 3.05) is 7.05 Å². The van der Waals surface area contributed by atoms with Gasteiger partial charge in [-0.1, -0.05) is 48.5 Å². The first-order valence-electron chi connectivity index (χ1n) is 9.66. The monoisotopic (exact) mass is 425 g/mol. The zero-order valence-corrected chi connectivity index (χ0v) is 17.7. The molecule has 1 heterocycles. The van der Waals surface area contributed by atoms with Crippen LogP contribution in [0.3, 0.4) is 0 Å². The normalized spacial score (nSPS) is 16.0. The van der Waals surface area contributed by atoms with E-state index in [1.165, 1.54) is 11.8 Å². The molecule has 1 saturated heterocycles. The van der Waals surface area contributed by atoms with Gasteiger partial charge in [0.05, 0.1) is 22.2 Å². The van der Waals surface area contributed by atoms with Crippen LogP contribution in [0, 0.1) is 11.3 Å². The SMILES string of the molecule is CN1C(=O)/C(=C/c2ccc(OCc3ccccc3C#N)cc2)SC1=Nc1ccccc1. The molecule has 0 spiro atoms. The van der Waals surface area contributed by atoms with E-state index in [-0.39, 0.29) is 5.91 Å². The highest BCUT2D eigenvalue weighted by Crippen LogP contribution is 2.33. The van der Waals surface area contributed by atoms with E-state index in [2.05, 4.69) is 11.1 Å². The molecule has 3 aromatic carbocycles. The maximum absolute atomic E-state index is 12.6. The molecule has 1 aliphatic heterocycles. The van der Waals surface area contributed by atoms with Crippen LogP contribution in [0.25, 0.3) is 6.08 Å². The molecule has 0 N–H and O–H groups in total. The number of para-hydroxylation sites is 1. The van der Waals surface area contributed by atoms with Crippen molar-refractivity contribution >= 4 is 34.6 Å². The second-order valence-electron chi connectivity index (χ2n) is 6.83. The molecule has 0 atom stereocenters. The van der Waals surface area contributed by atoms with Crippen LogP contribution in [-0.4, -0.2) is 23.0 Å². The summed E-state index contributed by atoms with van der Waals surface area (Å²) in [6.45, 7) is 0.322. The zero-order chi connectivity index (χ0) is 21.6. The minimum Gasteiger partial charge on any atom is -0.489 e. The van der Waals surface area contributed by atoms with Crippen molar-refractivity contribution in [1.29, 1.82) is 5.26 Å². The highest BCUT2D eigenvalue weighted by Gasteiger charge is 2.30. The number of carbonyl (C=O) groups excluding carboxylic acids is 1. The molecule has 31 heavy (non-hydrogen) atoms. The predicted octanol–water partition coefficient (Wildman–Crippen LogP) is 5.37. The molecule has 5 nitrogen and oxygen atoms in total. The van der Waals surface area contributed by atoms with E-state index in [4.69, 9.17) is 4.74 Å². The largest absolute Gasteiger partial charge is 0.489 e. The predicted molar refractivity (Wildman–Crippen MR) is 124 cm³/mol. The smallest absolute Gasteiger partial charge is 0.266 e. The third-order valence-corrected chi connectivity index (χ3v) is 5.75. The lowest BCUT2D eigenvalue weighted by atomic mass is 10.1. The molecule has 6 heteroatoms. The number of nitriles is 1. The van der Waals surface area contributed by atoms with Crippen molar-refractivity contribution in [3.05, 3.63) is 100 Å². The molecule has 0 aliphatic carbocycles. The van der Waals surface area contributed by atoms with Gasteiger partial charge in [-0.05, 0) is 53.7 Å². The number of amidine groups is 1. The van der Waals surface area contributed by atoms with Crippen LogP contribution < -0.4 is 4.74 Å². The molecule has 0 bridgehead atoms. The van der Waals surface area contributed by atoms with Gasteiger partial charge >= 0.3 is 0 Å². The van der Waals surface area contributed by atoms with E-state index in [9.17, 15) is 10.1 Å². The van der Waals surface area contributed by atoms with Gasteiger partial charge in [0.2, 0.25) is 0 Å². The Morgan fingerprint density at radius 1 is 1.03 bits per heavy atom. The van der Waals surface area contributed by atoms with Crippen molar-refractivity contribution in [3.8, 4) is 11.8 Å². The summed E-state index contributed by atoms with van der Waals surface area (Å²) in [5.41, 5.74) is 3.16. The van der Waals surface area contributed by atoms with Crippen LogP contribution in [0.15, 0.2) is 88.8 Å². The van der Waals surface area contributed by atoms with Gasteiger partial charge in [0.25, 0.3) is 5.91 Å². The van der Waals surface area contributed by atoms with Crippen molar-refractivity contribution in [2.24, 2.45) is 4.99 Å². The third kappa shape index (κ3) is 4.85. The number of amides is 1. The Labute approximate surface area is 185 Å². The number of aliphatic imine (C=N–C) groups is 1. The molecule has 1 fully saturated rings. The molecule has 0 unspecified atom stereocenters. The molecule has 152 valence electrons. The lowest BCUT2D eigenvalue weighted by Crippen LogP contribution is -2.23. The molecular weight excluding hydrogens is 406 g/mol. The van der Waals surface area contributed by atoms with Crippen LogP contribution in [0.5, 0.6) is 5.75 Å². The number of benzene rings is 3. The fourth-order valence-electron chi connectivity index (χ4n) is 2.99. The number of likely N-dealkylation sites (N-methyl/N-ethyl adjacent to an activating group) is 1. The first-order valence-corrected chi connectivity index (χ1v) is 10.5. The lowest BCUT2D eigenvalue weighted by Gasteiger charge is -2.08. The number of carbonyl (C=O) groups is 1. The summed E-state index contributed by atoms with van der Waals surface area (Å²) in [7, 11) is 1.73. The van der Waals surface area contributed by atoms with Crippen molar-refractivity contribution < 1.29 is 9.53 Å². The van der Waals surface area contributed by atoms with Gasteiger partial charge < -0.3 is 4.74 Å². The van der Waals surface area contributed by atoms with Gasteiger partial charge in [-0.3, -0.25) is 9.69 Å². The molecule has 0 saturated carbocycles. The van der Waals surface area contributed by atoms with Gasteiger partial charge in [-0.2, -0.15) is 5.26 Å². The van der Waals surface area contributed by atoms with E-state index in [0.29, 0.717) is 28.0 Å². The molecule has 0 radical (unpaired) electrons. The Bertz CT molecular complexity index is 1200. The summed E-state index contributed by atoms with van der Waals surface area (Å²) in [5.74, 6) is 0.622. The van der Waals surface area contributed by atoms with Crippen LogP contribution in [0.2, 0.25) is 0 Å².